The third-order valence-electron chi connectivity index (χ3n) is 2.03. The first-order chi connectivity index (χ1) is 9.54. The number of hydrogen-bond donors (Lipinski definition) is 2. The zero-order valence-corrected chi connectivity index (χ0v) is 13.3. The average molecular weight is 336 g/mol. The molecule has 1 aromatic carbocycles. The van der Waals surface area contributed by atoms with Crippen LogP contribution in [-0.4, -0.2) is 42.8 Å². The van der Waals surface area contributed by atoms with Gasteiger partial charge in [0, 0.05) is 12.5 Å². The summed E-state index contributed by atoms with van der Waals surface area (Å²) in [5, 5.41) is 9.72. The summed E-state index contributed by atoms with van der Waals surface area (Å²) in [5.74, 6) is -1.12. The second-order valence-corrected chi connectivity index (χ2v) is 8.40. The van der Waals surface area contributed by atoms with Crippen molar-refractivity contribution < 1.29 is 27.3 Å². The van der Waals surface area contributed by atoms with Crippen molar-refractivity contribution in [3.63, 3.8) is 0 Å². The Kier molecular flexibility index (Phi) is 5.18. The van der Waals surface area contributed by atoms with Gasteiger partial charge in [0.15, 0.2) is 0 Å². The molecule has 0 saturated heterocycles. The van der Waals surface area contributed by atoms with Gasteiger partial charge in [-0.05, 0) is 25.1 Å². The summed E-state index contributed by atoms with van der Waals surface area (Å²) in [4.78, 5) is 11.5. The number of phenols is 1. The van der Waals surface area contributed by atoms with E-state index in [0.29, 0.717) is 0 Å². The standard InChI is InChI=1S/C11H16N2O6S2/c1-4-19-11(15)8-5-6-9(10(14)7-8)12-21(17,18)13-20(2,3)16/h5-7,12,14H,4H2,1-3H3. The van der Waals surface area contributed by atoms with Crippen molar-refractivity contribution in [2.45, 2.75) is 6.92 Å². The van der Waals surface area contributed by atoms with Crippen LogP contribution in [0.4, 0.5) is 5.69 Å². The first-order valence-electron chi connectivity index (χ1n) is 5.75. The number of carbonyl (C=O) groups excluding carboxylic acids is 1. The molecule has 0 atom stereocenters. The smallest absolute Gasteiger partial charge is 0.350 e. The zero-order chi connectivity index (χ0) is 16.3. The molecule has 2 N–H and O–H groups in total. The summed E-state index contributed by atoms with van der Waals surface area (Å²) < 4.78 is 44.5. The largest absolute Gasteiger partial charge is 0.506 e. The second-order valence-electron chi connectivity index (χ2n) is 4.29. The SMILES string of the molecule is CCOC(=O)c1ccc(NS(=O)(=O)N=S(C)(C)=O)c(O)c1. The van der Waals surface area contributed by atoms with Gasteiger partial charge in [0.05, 0.1) is 27.6 Å². The Morgan fingerprint density at radius 3 is 2.43 bits per heavy atom. The number of ether oxygens (including phenoxy) is 1. The van der Waals surface area contributed by atoms with E-state index in [4.69, 9.17) is 4.74 Å². The van der Waals surface area contributed by atoms with Crippen molar-refractivity contribution in [2.24, 2.45) is 3.77 Å². The molecule has 0 aliphatic carbocycles. The van der Waals surface area contributed by atoms with E-state index in [0.717, 1.165) is 18.6 Å². The number of rotatable bonds is 5. The lowest BCUT2D eigenvalue weighted by atomic mass is 10.2. The number of hydrogen-bond acceptors (Lipinski definition) is 6. The molecule has 8 nitrogen and oxygen atoms in total. The van der Waals surface area contributed by atoms with Crippen molar-refractivity contribution in [1.29, 1.82) is 0 Å². The van der Waals surface area contributed by atoms with Crippen LogP contribution in [-0.2, 0) is 24.7 Å². The molecular weight excluding hydrogens is 320 g/mol. The van der Waals surface area contributed by atoms with Gasteiger partial charge in [0.1, 0.15) is 5.75 Å². The monoisotopic (exact) mass is 336 g/mol. The summed E-state index contributed by atoms with van der Waals surface area (Å²) in [6.45, 7) is 1.81. The number of nitrogens with zero attached hydrogens (tertiary/aromatic N) is 1. The van der Waals surface area contributed by atoms with E-state index in [1.165, 1.54) is 12.1 Å². The molecule has 0 heterocycles. The summed E-state index contributed by atoms with van der Waals surface area (Å²) in [6, 6.07) is 3.53. The molecule has 0 saturated carbocycles. The third-order valence-corrected chi connectivity index (χ3v) is 4.72. The highest BCUT2D eigenvalue weighted by Gasteiger charge is 2.15. The van der Waals surface area contributed by atoms with Gasteiger partial charge in [0.2, 0.25) is 0 Å². The Hall–Kier alpha value is -1.81. The molecule has 0 aromatic heterocycles. The van der Waals surface area contributed by atoms with Gasteiger partial charge < -0.3 is 9.84 Å². The summed E-state index contributed by atoms with van der Waals surface area (Å²) in [5.41, 5.74) is -0.112. The van der Waals surface area contributed by atoms with Crippen molar-refractivity contribution in [3.8, 4) is 5.75 Å². The van der Waals surface area contributed by atoms with Gasteiger partial charge >= 0.3 is 16.2 Å². The number of anilines is 1. The van der Waals surface area contributed by atoms with E-state index in [1.54, 1.807) is 6.92 Å². The minimum Gasteiger partial charge on any atom is -0.506 e. The summed E-state index contributed by atoms with van der Waals surface area (Å²) >= 11 is 0. The molecule has 1 aromatic rings. The first kappa shape index (κ1) is 17.2. The molecule has 0 amide bonds. The molecule has 0 bridgehead atoms. The van der Waals surface area contributed by atoms with Gasteiger partial charge in [0.25, 0.3) is 0 Å². The van der Waals surface area contributed by atoms with Crippen molar-refractivity contribution in [1.82, 2.24) is 0 Å². The van der Waals surface area contributed by atoms with Crippen LogP contribution in [0.2, 0.25) is 0 Å². The molecule has 0 unspecified atom stereocenters. The van der Waals surface area contributed by atoms with Gasteiger partial charge in [-0.3, -0.25) is 4.72 Å². The maximum Gasteiger partial charge on any atom is 0.350 e. The lowest BCUT2D eigenvalue weighted by Crippen LogP contribution is -2.12. The summed E-state index contributed by atoms with van der Waals surface area (Å²) in [6.07, 6.45) is 2.33. The van der Waals surface area contributed by atoms with Gasteiger partial charge in [-0.2, -0.15) is 8.42 Å². The predicted octanol–water partition coefficient (Wildman–Crippen LogP) is 0.953. The maximum atomic E-state index is 11.6. The predicted molar refractivity (Wildman–Crippen MR) is 79.0 cm³/mol. The quantitative estimate of drug-likeness (QED) is 0.610. The van der Waals surface area contributed by atoms with E-state index in [2.05, 4.69) is 3.77 Å². The number of benzene rings is 1. The first-order valence-corrected chi connectivity index (χ1v) is 9.52. The molecule has 21 heavy (non-hydrogen) atoms. The molecule has 0 radical (unpaired) electrons. The Morgan fingerprint density at radius 2 is 1.95 bits per heavy atom. The van der Waals surface area contributed by atoms with Crippen LogP contribution in [0, 0.1) is 0 Å². The molecular formula is C11H16N2O6S2. The fraction of sp³-hybridized carbons (Fsp3) is 0.364. The van der Waals surface area contributed by atoms with Gasteiger partial charge in [-0.25, -0.2) is 9.00 Å². The number of nitrogens with one attached hydrogen (secondary N) is 1. The molecule has 0 aliphatic rings. The maximum absolute atomic E-state index is 11.6. The van der Waals surface area contributed by atoms with Crippen molar-refractivity contribution in [3.05, 3.63) is 23.8 Å². The topological polar surface area (TPSA) is 122 Å². The molecule has 0 fully saturated rings. The number of esters is 1. The van der Waals surface area contributed by atoms with E-state index >= 15 is 0 Å². The van der Waals surface area contributed by atoms with Crippen LogP contribution in [0.1, 0.15) is 17.3 Å². The van der Waals surface area contributed by atoms with Crippen LogP contribution in [0.25, 0.3) is 0 Å². The van der Waals surface area contributed by atoms with Crippen molar-refractivity contribution >= 4 is 31.6 Å². The Labute approximate surface area is 123 Å². The second kappa shape index (κ2) is 6.31. The molecule has 118 valence electrons. The fourth-order valence-electron chi connectivity index (χ4n) is 1.35. The third kappa shape index (κ3) is 5.60. The lowest BCUT2D eigenvalue weighted by molar-refractivity contribution is 0.0526. The number of carbonyl (C=O) groups is 1. The Balaban J connectivity index is 3.08. The van der Waals surface area contributed by atoms with Gasteiger partial charge in [-0.15, -0.1) is 0 Å². The molecule has 0 aliphatic heterocycles. The van der Waals surface area contributed by atoms with Gasteiger partial charge in [-0.1, -0.05) is 3.77 Å². The van der Waals surface area contributed by atoms with Crippen LogP contribution in [0.5, 0.6) is 5.75 Å². The minimum absolute atomic E-state index is 0.0732. The molecule has 1 rings (SSSR count). The highest BCUT2D eigenvalue weighted by molar-refractivity contribution is 8.03. The highest BCUT2D eigenvalue weighted by Crippen LogP contribution is 2.26. The van der Waals surface area contributed by atoms with E-state index < -0.39 is 31.7 Å². The van der Waals surface area contributed by atoms with Crippen LogP contribution in [0.15, 0.2) is 22.0 Å². The summed E-state index contributed by atoms with van der Waals surface area (Å²) in [7, 11) is -7.11. The Morgan fingerprint density at radius 1 is 1.33 bits per heavy atom. The van der Waals surface area contributed by atoms with E-state index in [9.17, 15) is 22.5 Å². The molecule has 0 spiro atoms. The molecule has 10 heteroatoms. The van der Waals surface area contributed by atoms with Crippen LogP contribution < -0.4 is 4.72 Å². The van der Waals surface area contributed by atoms with E-state index in [-0.39, 0.29) is 17.9 Å². The number of phenolic OH excluding ortho intramolecular Hbond substituents is 1. The number of aromatic hydroxyl groups is 1. The van der Waals surface area contributed by atoms with E-state index in [1.807, 2.05) is 4.72 Å². The zero-order valence-electron chi connectivity index (χ0n) is 11.7. The fourth-order valence-corrected chi connectivity index (χ4v) is 3.84. The minimum atomic E-state index is -4.23. The normalized spacial score (nSPS) is 11.8. The lowest BCUT2D eigenvalue weighted by Gasteiger charge is -2.08. The van der Waals surface area contributed by atoms with Crippen molar-refractivity contribution in [2.75, 3.05) is 23.8 Å². The van der Waals surface area contributed by atoms with Crippen LogP contribution in [0.3, 0.4) is 0 Å². The highest BCUT2D eigenvalue weighted by atomic mass is 32.3. The van der Waals surface area contributed by atoms with Crippen LogP contribution >= 0.6 is 0 Å². The average Bonchev–Trinajstić information content (AvgIpc) is 2.28. The Bertz CT molecular complexity index is 755.